The Hall–Kier alpha value is -3.04. The van der Waals surface area contributed by atoms with Crippen LogP contribution in [0.5, 0.6) is 5.75 Å². The van der Waals surface area contributed by atoms with Crippen LogP contribution in [0.3, 0.4) is 0 Å². The Kier molecular flexibility index (Phi) is 6.24. The van der Waals surface area contributed by atoms with Crippen LogP contribution in [0.1, 0.15) is 30.1 Å². The van der Waals surface area contributed by atoms with Crippen molar-refractivity contribution in [1.82, 2.24) is 4.98 Å². The fourth-order valence-corrected chi connectivity index (χ4v) is 6.22. The number of quaternary nitrogens is 1. The van der Waals surface area contributed by atoms with Gasteiger partial charge < -0.3 is 14.3 Å². The zero-order valence-corrected chi connectivity index (χ0v) is 19.7. The maximum Gasteiger partial charge on any atom is 0.200 e. The van der Waals surface area contributed by atoms with Gasteiger partial charge in [0.25, 0.3) is 0 Å². The molecule has 0 radical (unpaired) electrons. The number of nitrogens with zero attached hydrogens (tertiary/aromatic N) is 2. The van der Waals surface area contributed by atoms with E-state index in [1.54, 1.807) is 36.5 Å². The number of aliphatic hydroxyl groups is 1. The molecule has 36 heavy (non-hydrogen) atoms. The molecule has 0 aliphatic carbocycles. The second kappa shape index (κ2) is 9.12. The predicted octanol–water partition coefficient (Wildman–Crippen LogP) is 5.58. The Morgan fingerprint density at radius 3 is 2.47 bits per heavy atom. The summed E-state index contributed by atoms with van der Waals surface area (Å²) >= 11 is 0. The number of benzene rings is 2. The molecule has 2 bridgehead atoms. The zero-order valence-electron chi connectivity index (χ0n) is 19.7. The number of aromatic nitrogens is 1. The second-order valence-electron chi connectivity index (χ2n) is 9.81. The van der Waals surface area contributed by atoms with Crippen LogP contribution in [0.15, 0.2) is 43.1 Å². The van der Waals surface area contributed by atoms with Crippen LogP contribution in [0.4, 0.5) is 22.0 Å². The van der Waals surface area contributed by atoms with E-state index in [4.69, 9.17) is 4.74 Å². The summed E-state index contributed by atoms with van der Waals surface area (Å²) in [6.07, 6.45) is 3.49. The van der Waals surface area contributed by atoms with Crippen LogP contribution in [-0.4, -0.2) is 40.8 Å². The maximum atomic E-state index is 14.8. The van der Waals surface area contributed by atoms with Gasteiger partial charge in [0.05, 0.1) is 31.3 Å². The Balaban J connectivity index is 1.62. The van der Waals surface area contributed by atoms with Crippen LogP contribution in [0.25, 0.3) is 10.9 Å². The summed E-state index contributed by atoms with van der Waals surface area (Å²) in [5.74, 6) is -8.98. The molecule has 3 aliphatic rings. The molecular weight excluding hydrogens is 479 g/mol. The van der Waals surface area contributed by atoms with Crippen LogP contribution in [0.2, 0.25) is 0 Å². The van der Waals surface area contributed by atoms with Gasteiger partial charge >= 0.3 is 0 Å². The summed E-state index contributed by atoms with van der Waals surface area (Å²) in [5.41, 5.74) is 0.355. The Labute approximate surface area is 205 Å². The van der Waals surface area contributed by atoms with E-state index in [-0.39, 0.29) is 16.3 Å². The van der Waals surface area contributed by atoms with Gasteiger partial charge in [0.2, 0.25) is 5.82 Å². The third-order valence-electron chi connectivity index (χ3n) is 8.11. The van der Waals surface area contributed by atoms with Crippen molar-refractivity contribution < 1.29 is 36.3 Å². The number of fused-ring (bicyclic) bond motifs is 4. The summed E-state index contributed by atoms with van der Waals surface area (Å²) in [6, 6.07) is 6.44. The lowest BCUT2D eigenvalue weighted by Crippen LogP contribution is -2.67. The number of methoxy groups -OCH3 is 1. The molecule has 5 atom stereocenters. The van der Waals surface area contributed by atoms with E-state index < -0.39 is 53.3 Å². The Bertz CT molecular complexity index is 1320. The zero-order chi connectivity index (χ0) is 25.8. The molecule has 1 unspecified atom stereocenters. The molecule has 6 rings (SSSR count). The molecule has 3 aromatic rings. The number of pyridine rings is 1. The highest BCUT2D eigenvalue weighted by Crippen LogP contribution is 2.48. The van der Waals surface area contributed by atoms with Crippen molar-refractivity contribution in [3.63, 3.8) is 0 Å². The van der Waals surface area contributed by atoms with Crippen LogP contribution >= 0.6 is 0 Å². The highest BCUT2D eigenvalue weighted by atomic mass is 19.2. The number of piperidine rings is 3. The van der Waals surface area contributed by atoms with Gasteiger partial charge in [-0.25, -0.2) is 22.0 Å². The molecule has 1 aromatic heterocycles. The quantitative estimate of drug-likeness (QED) is 0.156. The first kappa shape index (κ1) is 24.6. The summed E-state index contributed by atoms with van der Waals surface area (Å²) < 4.78 is 76.7. The van der Waals surface area contributed by atoms with Crippen molar-refractivity contribution in [1.29, 1.82) is 0 Å². The highest BCUT2D eigenvalue weighted by Gasteiger charge is 2.54. The number of hydrogen-bond donors (Lipinski definition) is 1. The van der Waals surface area contributed by atoms with Crippen molar-refractivity contribution >= 4 is 10.9 Å². The first-order chi connectivity index (χ1) is 17.2. The average molecular weight is 506 g/mol. The largest absolute Gasteiger partial charge is 0.497 e. The van der Waals surface area contributed by atoms with Crippen molar-refractivity contribution in [2.75, 3.05) is 20.2 Å². The molecule has 1 N–H and O–H groups in total. The van der Waals surface area contributed by atoms with Gasteiger partial charge in [-0.15, -0.1) is 6.58 Å². The second-order valence-corrected chi connectivity index (χ2v) is 9.81. The molecule has 3 aliphatic heterocycles. The predicted molar refractivity (Wildman–Crippen MR) is 123 cm³/mol. The van der Waals surface area contributed by atoms with Gasteiger partial charge in [-0.3, -0.25) is 4.98 Å². The standard InChI is InChI=1S/C27H26F5N2O2/c1-3-14-12-34(13-19-22(28)24(30)26(32)25(31)23(19)29)9-7-15(14)10-21(34)27(35)17-6-8-33-20-5-4-16(36-2)11-18(17)20/h3-6,8,11,14-15,21,27,35H,1,7,9-10,12-13H2,2H3/q+1/t14-,15-,21-,27+,34?/m0/s1. The van der Waals surface area contributed by atoms with Crippen molar-refractivity contribution in [3.8, 4) is 5.75 Å². The van der Waals surface area contributed by atoms with Gasteiger partial charge in [-0.05, 0) is 35.7 Å². The van der Waals surface area contributed by atoms with Gasteiger partial charge in [0, 0.05) is 30.3 Å². The van der Waals surface area contributed by atoms with Gasteiger partial charge in [0.15, 0.2) is 23.3 Å². The third kappa shape index (κ3) is 3.76. The molecule has 4 heterocycles. The van der Waals surface area contributed by atoms with Gasteiger partial charge in [0.1, 0.15) is 24.4 Å². The molecule has 0 saturated carbocycles. The van der Waals surface area contributed by atoms with E-state index in [1.165, 1.54) is 7.11 Å². The maximum absolute atomic E-state index is 14.8. The van der Waals surface area contributed by atoms with E-state index in [9.17, 15) is 27.1 Å². The van der Waals surface area contributed by atoms with Gasteiger partial charge in [-0.1, -0.05) is 6.08 Å². The molecule has 4 nitrogen and oxygen atoms in total. The fourth-order valence-electron chi connectivity index (χ4n) is 6.22. The lowest BCUT2D eigenvalue weighted by Gasteiger charge is -2.58. The van der Waals surface area contributed by atoms with Crippen LogP contribution < -0.4 is 4.74 Å². The normalized spacial score (nSPS) is 26.2. The number of rotatable bonds is 6. The van der Waals surface area contributed by atoms with E-state index >= 15 is 0 Å². The summed E-state index contributed by atoms with van der Waals surface area (Å²) in [7, 11) is 1.53. The topological polar surface area (TPSA) is 42.4 Å². The lowest BCUT2D eigenvalue weighted by molar-refractivity contribution is -0.985. The van der Waals surface area contributed by atoms with Crippen molar-refractivity contribution in [3.05, 3.63) is 83.3 Å². The number of ether oxygens (including phenoxy) is 1. The van der Waals surface area contributed by atoms with E-state index in [0.29, 0.717) is 48.1 Å². The monoisotopic (exact) mass is 505 g/mol. The minimum absolute atomic E-state index is 0.00209. The van der Waals surface area contributed by atoms with Crippen LogP contribution in [0, 0.1) is 40.9 Å². The summed E-state index contributed by atoms with van der Waals surface area (Å²) in [4.78, 5) is 4.35. The van der Waals surface area contributed by atoms with E-state index in [1.807, 2.05) is 0 Å². The number of aliphatic hydroxyl groups excluding tert-OH is 1. The molecular formula is C27H26F5N2O2+. The summed E-state index contributed by atoms with van der Waals surface area (Å²) in [6.45, 7) is 4.27. The molecule has 3 fully saturated rings. The molecule has 2 aromatic carbocycles. The molecule has 9 heteroatoms. The SMILES string of the molecule is C=C[C@H]1C[N+]2(Cc3c(F)c(F)c(F)c(F)c3F)CC[C@H]1C[C@H]2[C@H](O)c1ccnc2ccc(OC)cc12. The smallest absolute Gasteiger partial charge is 0.200 e. The lowest BCUT2D eigenvalue weighted by atomic mass is 9.71. The van der Waals surface area contributed by atoms with Crippen molar-refractivity contribution in [2.24, 2.45) is 11.8 Å². The molecule has 3 saturated heterocycles. The molecule has 190 valence electrons. The fraction of sp³-hybridized carbons (Fsp3) is 0.370. The third-order valence-corrected chi connectivity index (χ3v) is 8.11. The van der Waals surface area contributed by atoms with Crippen molar-refractivity contribution in [2.45, 2.75) is 31.5 Å². The Morgan fingerprint density at radius 2 is 1.81 bits per heavy atom. The first-order valence-electron chi connectivity index (χ1n) is 11.8. The number of halogens is 5. The highest BCUT2D eigenvalue weighted by molar-refractivity contribution is 5.83. The van der Waals surface area contributed by atoms with Crippen LogP contribution in [-0.2, 0) is 6.54 Å². The molecule has 0 spiro atoms. The first-order valence-corrected chi connectivity index (χ1v) is 11.8. The minimum atomic E-state index is -2.18. The van der Waals surface area contributed by atoms with E-state index in [2.05, 4.69) is 11.6 Å². The Morgan fingerprint density at radius 1 is 1.11 bits per heavy atom. The summed E-state index contributed by atoms with van der Waals surface area (Å²) in [5, 5.41) is 12.4. The number of hydrogen-bond acceptors (Lipinski definition) is 3. The van der Waals surface area contributed by atoms with Gasteiger partial charge in [-0.2, -0.15) is 0 Å². The minimum Gasteiger partial charge on any atom is -0.497 e. The average Bonchev–Trinajstić information content (AvgIpc) is 2.92. The van der Waals surface area contributed by atoms with E-state index in [0.717, 1.165) is 0 Å². The molecule has 0 amide bonds.